The summed E-state index contributed by atoms with van der Waals surface area (Å²) in [4.78, 5) is 1.29. The molecule has 0 atom stereocenters. The van der Waals surface area contributed by atoms with E-state index in [2.05, 4.69) is 6.92 Å². The highest BCUT2D eigenvalue weighted by molar-refractivity contribution is 7.80. The van der Waals surface area contributed by atoms with E-state index < -0.39 is 0 Å². The third-order valence-corrected chi connectivity index (χ3v) is 2.24. The molecule has 1 aliphatic rings. The van der Waals surface area contributed by atoms with Crippen LogP contribution >= 0.6 is 12.2 Å². The van der Waals surface area contributed by atoms with Crippen molar-refractivity contribution >= 4 is 17.1 Å². The molecular formula is C7H12S. The van der Waals surface area contributed by atoms with Gasteiger partial charge in [0, 0.05) is 0 Å². The standard InChI is InChI=1S/C7H12S/c1-6-2-4-7(8)5-3-6/h6H,2-5H2,1H3. The zero-order valence-electron chi connectivity index (χ0n) is 5.31. The minimum absolute atomic E-state index is 0.932. The molecule has 46 valence electrons. The minimum Gasteiger partial charge on any atom is -0.0897 e. The second-order valence-electron chi connectivity index (χ2n) is 2.72. The molecule has 0 aromatic heterocycles. The molecule has 0 aromatic rings. The molecule has 1 heteroatoms. The lowest BCUT2D eigenvalue weighted by molar-refractivity contribution is 0.487. The Balaban J connectivity index is 2.29. The molecule has 1 saturated carbocycles. The molecule has 8 heavy (non-hydrogen) atoms. The van der Waals surface area contributed by atoms with Crippen molar-refractivity contribution in [2.24, 2.45) is 5.92 Å². The van der Waals surface area contributed by atoms with E-state index in [0.717, 1.165) is 5.92 Å². The van der Waals surface area contributed by atoms with Crippen molar-refractivity contribution in [3.05, 3.63) is 0 Å². The molecule has 1 rings (SSSR count). The van der Waals surface area contributed by atoms with Gasteiger partial charge < -0.3 is 0 Å². The van der Waals surface area contributed by atoms with Crippen LogP contribution in [0.1, 0.15) is 32.6 Å². The maximum Gasteiger partial charge on any atom is -0.00713 e. The van der Waals surface area contributed by atoms with Gasteiger partial charge in [0.05, 0.1) is 0 Å². The summed E-state index contributed by atoms with van der Waals surface area (Å²) in [6.45, 7) is 2.31. The van der Waals surface area contributed by atoms with Crippen molar-refractivity contribution in [2.45, 2.75) is 32.6 Å². The fraction of sp³-hybridized carbons (Fsp3) is 0.857. The Kier molecular flexibility index (Phi) is 2.01. The summed E-state index contributed by atoms with van der Waals surface area (Å²) in [6.07, 6.45) is 5.07. The summed E-state index contributed by atoms with van der Waals surface area (Å²) in [7, 11) is 0. The van der Waals surface area contributed by atoms with Gasteiger partial charge >= 0.3 is 0 Å². The molecule has 0 amide bonds. The second-order valence-corrected chi connectivity index (χ2v) is 3.30. The molecule has 0 radical (unpaired) electrons. The van der Waals surface area contributed by atoms with Crippen LogP contribution in [0.4, 0.5) is 0 Å². The van der Waals surface area contributed by atoms with Crippen molar-refractivity contribution < 1.29 is 0 Å². The molecule has 0 nitrogen and oxygen atoms in total. The Morgan fingerprint density at radius 2 is 1.88 bits per heavy atom. The van der Waals surface area contributed by atoms with Crippen LogP contribution < -0.4 is 0 Å². The van der Waals surface area contributed by atoms with Crippen molar-refractivity contribution in [3.63, 3.8) is 0 Å². The van der Waals surface area contributed by atoms with Gasteiger partial charge in [-0.1, -0.05) is 19.1 Å². The Hall–Kier alpha value is 0.0900. The van der Waals surface area contributed by atoms with E-state index in [-0.39, 0.29) is 0 Å². The lowest BCUT2D eigenvalue weighted by atomic mass is 9.91. The fourth-order valence-corrected chi connectivity index (χ4v) is 1.32. The normalized spacial score (nSPS) is 23.9. The average molecular weight is 128 g/mol. The molecule has 0 bridgehead atoms. The molecule has 0 saturated heterocycles. The molecule has 0 heterocycles. The first-order valence-corrected chi connectivity index (χ1v) is 3.71. The summed E-state index contributed by atoms with van der Waals surface area (Å²) in [5.74, 6) is 0.932. The number of thiocarbonyl (C=S) groups is 1. The van der Waals surface area contributed by atoms with Gasteiger partial charge in [-0.15, -0.1) is 0 Å². The summed E-state index contributed by atoms with van der Waals surface area (Å²) in [5.41, 5.74) is 0. The SMILES string of the molecule is CC1CCC(=S)CC1. The largest absolute Gasteiger partial charge is 0.0897 e. The van der Waals surface area contributed by atoms with Crippen LogP contribution in [-0.2, 0) is 0 Å². The van der Waals surface area contributed by atoms with E-state index >= 15 is 0 Å². The van der Waals surface area contributed by atoms with Crippen LogP contribution in [0.25, 0.3) is 0 Å². The fourth-order valence-electron chi connectivity index (χ4n) is 1.08. The van der Waals surface area contributed by atoms with Gasteiger partial charge in [-0.25, -0.2) is 0 Å². The smallest absolute Gasteiger partial charge is 0.00713 e. The maximum absolute atomic E-state index is 5.06. The molecule has 0 unspecified atom stereocenters. The van der Waals surface area contributed by atoms with Gasteiger partial charge in [0.25, 0.3) is 0 Å². The molecule has 1 aliphatic carbocycles. The third-order valence-electron chi connectivity index (χ3n) is 1.83. The van der Waals surface area contributed by atoms with Crippen molar-refractivity contribution in [1.82, 2.24) is 0 Å². The van der Waals surface area contributed by atoms with Crippen LogP contribution in [0.2, 0.25) is 0 Å². The van der Waals surface area contributed by atoms with E-state index in [1.54, 1.807) is 0 Å². The highest BCUT2D eigenvalue weighted by atomic mass is 32.1. The number of hydrogen-bond donors (Lipinski definition) is 0. The topological polar surface area (TPSA) is 0 Å². The van der Waals surface area contributed by atoms with Crippen molar-refractivity contribution in [2.75, 3.05) is 0 Å². The Morgan fingerprint density at radius 1 is 1.38 bits per heavy atom. The summed E-state index contributed by atoms with van der Waals surface area (Å²) in [5, 5.41) is 0. The maximum atomic E-state index is 5.06. The zero-order valence-corrected chi connectivity index (χ0v) is 6.13. The lowest BCUT2D eigenvalue weighted by Gasteiger charge is -2.17. The Morgan fingerprint density at radius 3 is 2.25 bits per heavy atom. The van der Waals surface area contributed by atoms with Gasteiger partial charge in [0.2, 0.25) is 0 Å². The van der Waals surface area contributed by atoms with Gasteiger partial charge in [0.1, 0.15) is 0 Å². The van der Waals surface area contributed by atoms with Crippen molar-refractivity contribution in [3.8, 4) is 0 Å². The molecule has 0 aromatic carbocycles. The Labute approximate surface area is 56.3 Å². The average Bonchev–Trinajstić information content (AvgIpc) is 1.77. The number of hydrogen-bond acceptors (Lipinski definition) is 1. The van der Waals surface area contributed by atoms with E-state index in [1.165, 1.54) is 30.5 Å². The van der Waals surface area contributed by atoms with E-state index in [9.17, 15) is 0 Å². The van der Waals surface area contributed by atoms with E-state index in [1.807, 2.05) is 0 Å². The first kappa shape index (κ1) is 6.21. The first-order valence-electron chi connectivity index (χ1n) is 3.31. The monoisotopic (exact) mass is 128 g/mol. The van der Waals surface area contributed by atoms with Crippen molar-refractivity contribution in [1.29, 1.82) is 0 Å². The van der Waals surface area contributed by atoms with Gasteiger partial charge in [-0.3, -0.25) is 0 Å². The van der Waals surface area contributed by atoms with Gasteiger partial charge in [-0.2, -0.15) is 0 Å². The van der Waals surface area contributed by atoms with Crippen LogP contribution in [0.5, 0.6) is 0 Å². The Bertz CT molecular complexity index is 86.6. The lowest BCUT2D eigenvalue weighted by Crippen LogP contribution is -2.08. The van der Waals surface area contributed by atoms with Crippen LogP contribution in [0.3, 0.4) is 0 Å². The predicted molar refractivity (Wildman–Crippen MR) is 40.2 cm³/mol. The third kappa shape index (κ3) is 1.55. The molecular weight excluding hydrogens is 116 g/mol. The van der Waals surface area contributed by atoms with Crippen LogP contribution in [-0.4, -0.2) is 4.86 Å². The highest BCUT2D eigenvalue weighted by Crippen LogP contribution is 2.20. The quantitative estimate of drug-likeness (QED) is 0.452. The summed E-state index contributed by atoms with van der Waals surface area (Å²) >= 11 is 5.06. The minimum atomic E-state index is 0.932. The summed E-state index contributed by atoms with van der Waals surface area (Å²) in [6, 6.07) is 0. The molecule has 0 spiro atoms. The summed E-state index contributed by atoms with van der Waals surface area (Å²) < 4.78 is 0. The molecule has 0 N–H and O–H groups in total. The zero-order chi connectivity index (χ0) is 5.98. The molecule has 0 aliphatic heterocycles. The van der Waals surface area contributed by atoms with E-state index in [0.29, 0.717) is 0 Å². The van der Waals surface area contributed by atoms with Gasteiger partial charge in [-0.05, 0) is 36.5 Å². The van der Waals surface area contributed by atoms with Gasteiger partial charge in [0.15, 0.2) is 0 Å². The highest BCUT2D eigenvalue weighted by Gasteiger charge is 2.10. The number of rotatable bonds is 0. The molecule has 1 fully saturated rings. The van der Waals surface area contributed by atoms with Crippen LogP contribution in [0.15, 0.2) is 0 Å². The van der Waals surface area contributed by atoms with Crippen LogP contribution in [0, 0.1) is 5.92 Å². The predicted octanol–water partition coefficient (Wildman–Crippen LogP) is 2.57. The van der Waals surface area contributed by atoms with E-state index in [4.69, 9.17) is 12.2 Å². The first-order chi connectivity index (χ1) is 3.79. The second kappa shape index (κ2) is 2.58.